The average Bonchev–Trinajstić information content (AvgIpc) is 3.47. The third-order valence-corrected chi connectivity index (χ3v) is 7.81. The Bertz CT molecular complexity index is 1460. The van der Waals surface area contributed by atoms with Gasteiger partial charge in [0.15, 0.2) is 0 Å². The van der Waals surface area contributed by atoms with Gasteiger partial charge in [-0.15, -0.1) is 0 Å². The van der Waals surface area contributed by atoms with Gasteiger partial charge in [-0.05, 0) is 57.9 Å². The van der Waals surface area contributed by atoms with Crippen LogP contribution in [0.15, 0.2) is 106 Å². The number of hydrazine groups is 2. The third kappa shape index (κ3) is 5.74. The van der Waals surface area contributed by atoms with Gasteiger partial charge >= 0.3 is 12.4 Å². The Labute approximate surface area is 251 Å². The number of halogens is 7. The quantitative estimate of drug-likeness (QED) is 0.210. The van der Waals surface area contributed by atoms with Crippen molar-refractivity contribution >= 4 is 33.0 Å². The molecule has 0 spiro atoms. The molecule has 0 saturated carbocycles. The number of aliphatic hydroxyl groups excluding tert-OH is 2. The Morgan fingerprint density at radius 1 is 0.721 bits per heavy atom. The van der Waals surface area contributed by atoms with Gasteiger partial charge in [-0.2, -0.15) is 26.3 Å². The van der Waals surface area contributed by atoms with E-state index in [0.717, 1.165) is 10.0 Å². The van der Waals surface area contributed by atoms with Crippen LogP contribution in [0, 0.1) is 0 Å². The molecule has 7 nitrogen and oxygen atoms in total. The number of anilines is 3. The van der Waals surface area contributed by atoms with Crippen molar-refractivity contribution in [3.63, 3.8) is 0 Å². The standard InChI is InChI=1S/C29H26BrF6N5O2/c1-39(2)20-14-13-16(15-19(20)30)21(22-24(28(31,32)33)37-40(26(22)42)17-9-5-3-6-10-17)23-25(29(34,35)36)38-41(27(23)43)18-11-7-4-8-12-18/h3-15,21,24-25,37-38,42-43H,1-2H3/t21?,24-,25+. The van der Waals surface area contributed by atoms with E-state index in [4.69, 9.17) is 0 Å². The van der Waals surface area contributed by atoms with Crippen LogP contribution in [0.2, 0.25) is 0 Å². The van der Waals surface area contributed by atoms with E-state index in [2.05, 4.69) is 26.8 Å². The maximum Gasteiger partial charge on any atom is 0.409 e. The maximum absolute atomic E-state index is 14.7. The monoisotopic (exact) mass is 669 g/mol. The number of nitrogens with zero attached hydrogens (tertiary/aromatic N) is 3. The number of aliphatic hydroxyl groups is 2. The van der Waals surface area contributed by atoms with Crippen molar-refractivity contribution in [1.29, 1.82) is 0 Å². The zero-order valence-corrected chi connectivity index (χ0v) is 24.2. The highest BCUT2D eigenvalue weighted by Crippen LogP contribution is 2.50. The highest BCUT2D eigenvalue weighted by atomic mass is 79.9. The number of rotatable bonds is 6. The molecule has 3 atom stereocenters. The minimum atomic E-state index is -5.05. The molecule has 43 heavy (non-hydrogen) atoms. The number of benzene rings is 3. The van der Waals surface area contributed by atoms with Gasteiger partial charge in [0.25, 0.3) is 0 Å². The molecule has 0 saturated heterocycles. The number of hydrogen-bond donors (Lipinski definition) is 4. The molecule has 5 rings (SSSR count). The third-order valence-electron chi connectivity index (χ3n) is 7.17. The fourth-order valence-electron chi connectivity index (χ4n) is 5.27. The van der Waals surface area contributed by atoms with Gasteiger partial charge in [0.1, 0.15) is 12.1 Å². The molecule has 0 bridgehead atoms. The lowest BCUT2D eigenvalue weighted by atomic mass is 9.79. The first-order chi connectivity index (χ1) is 20.2. The highest BCUT2D eigenvalue weighted by molar-refractivity contribution is 9.10. The molecular weight excluding hydrogens is 644 g/mol. The minimum Gasteiger partial charge on any atom is -0.493 e. The second-order valence-electron chi connectivity index (χ2n) is 10.1. The van der Waals surface area contributed by atoms with Gasteiger partial charge in [-0.25, -0.2) is 20.9 Å². The predicted molar refractivity (Wildman–Crippen MR) is 154 cm³/mol. The maximum atomic E-state index is 14.7. The summed E-state index contributed by atoms with van der Waals surface area (Å²) < 4.78 is 88.4. The smallest absolute Gasteiger partial charge is 0.409 e. The Kier molecular flexibility index (Phi) is 8.05. The zero-order valence-electron chi connectivity index (χ0n) is 22.6. The van der Waals surface area contributed by atoms with Crippen LogP contribution in [0.1, 0.15) is 11.5 Å². The Balaban J connectivity index is 1.81. The summed E-state index contributed by atoms with van der Waals surface area (Å²) in [7, 11) is 3.44. The lowest BCUT2D eigenvalue weighted by Crippen LogP contribution is -2.48. The number of alkyl halides is 6. The summed E-state index contributed by atoms with van der Waals surface area (Å²) in [6, 6.07) is 14.2. The summed E-state index contributed by atoms with van der Waals surface area (Å²) in [6.07, 6.45) is -10.1. The van der Waals surface area contributed by atoms with Crippen LogP contribution >= 0.6 is 15.9 Å². The molecule has 4 N–H and O–H groups in total. The van der Waals surface area contributed by atoms with Crippen molar-refractivity contribution in [1.82, 2.24) is 10.9 Å². The molecule has 2 aliphatic heterocycles. The van der Waals surface area contributed by atoms with Crippen LogP contribution in [0.25, 0.3) is 0 Å². The van der Waals surface area contributed by atoms with E-state index < -0.39 is 53.3 Å². The van der Waals surface area contributed by atoms with Gasteiger partial charge in [0, 0.05) is 35.6 Å². The van der Waals surface area contributed by atoms with Crippen LogP contribution in [-0.2, 0) is 0 Å². The van der Waals surface area contributed by atoms with E-state index in [1.54, 1.807) is 31.1 Å². The molecule has 1 unspecified atom stereocenters. The number of hydrogen-bond acceptors (Lipinski definition) is 7. The van der Waals surface area contributed by atoms with Crippen molar-refractivity contribution in [2.24, 2.45) is 0 Å². The fraction of sp³-hybridized carbons (Fsp3) is 0.241. The van der Waals surface area contributed by atoms with E-state index >= 15 is 0 Å². The summed E-state index contributed by atoms with van der Waals surface area (Å²) in [4.78, 5) is 1.70. The molecular formula is C29H26BrF6N5O2. The van der Waals surface area contributed by atoms with Gasteiger partial charge in [0.05, 0.1) is 17.1 Å². The summed E-state index contributed by atoms with van der Waals surface area (Å²) in [5.41, 5.74) is 3.63. The molecule has 0 amide bonds. The van der Waals surface area contributed by atoms with Crippen LogP contribution < -0.4 is 25.8 Å². The summed E-state index contributed by atoms with van der Waals surface area (Å²) >= 11 is 3.37. The fourth-order valence-corrected chi connectivity index (χ4v) is 6.02. The van der Waals surface area contributed by atoms with Crippen molar-refractivity contribution < 1.29 is 36.6 Å². The normalized spacial score (nSPS) is 20.3. The van der Waals surface area contributed by atoms with Crippen LogP contribution in [-0.4, -0.2) is 48.7 Å². The van der Waals surface area contributed by atoms with E-state index in [0.29, 0.717) is 10.2 Å². The molecule has 0 aromatic heterocycles. The van der Waals surface area contributed by atoms with E-state index in [1.165, 1.54) is 66.7 Å². The Morgan fingerprint density at radius 2 is 1.14 bits per heavy atom. The van der Waals surface area contributed by atoms with Crippen LogP contribution in [0.5, 0.6) is 0 Å². The van der Waals surface area contributed by atoms with Gasteiger partial charge in [0.2, 0.25) is 11.8 Å². The predicted octanol–water partition coefficient (Wildman–Crippen LogP) is 7.05. The van der Waals surface area contributed by atoms with Crippen molar-refractivity contribution in [2.45, 2.75) is 30.4 Å². The number of para-hydroxylation sites is 2. The van der Waals surface area contributed by atoms with Crippen molar-refractivity contribution in [3.05, 3.63) is 112 Å². The van der Waals surface area contributed by atoms with Crippen molar-refractivity contribution in [2.75, 3.05) is 29.0 Å². The zero-order chi connectivity index (χ0) is 31.3. The first kappa shape index (κ1) is 30.6. The van der Waals surface area contributed by atoms with E-state index in [-0.39, 0.29) is 16.9 Å². The van der Waals surface area contributed by atoms with Gasteiger partial charge in [-0.3, -0.25) is 0 Å². The van der Waals surface area contributed by atoms with Crippen LogP contribution in [0.4, 0.5) is 43.4 Å². The molecule has 0 aliphatic carbocycles. The van der Waals surface area contributed by atoms with E-state index in [1.807, 2.05) is 0 Å². The molecule has 228 valence electrons. The summed E-state index contributed by atoms with van der Waals surface area (Å²) in [6.45, 7) is 0. The molecule has 2 heterocycles. The topological polar surface area (TPSA) is 74.2 Å². The number of nitrogens with one attached hydrogen (secondary N) is 2. The molecule has 0 radical (unpaired) electrons. The second kappa shape index (κ2) is 11.3. The van der Waals surface area contributed by atoms with E-state index in [9.17, 15) is 36.6 Å². The SMILES string of the molecule is CN(C)c1ccc(C(C2=C(O)N(c3ccccc3)N[C@H]2C(F)(F)F)C2=C(O)N(c3ccccc3)N[C@@H]2C(F)(F)F)cc1Br. The lowest BCUT2D eigenvalue weighted by molar-refractivity contribution is -0.148. The first-order valence-electron chi connectivity index (χ1n) is 12.9. The molecule has 3 aromatic rings. The minimum absolute atomic E-state index is 0.0301. The molecule has 0 fully saturated rings. The molecule has 14 heteroatoms. The molecule has 2 aliphatic rings. The Hall–Kier alpha value is -3.88. The van der Waals surface area contributed by atoms with Crippen molar-refractivity contribution in [3.8, 4) is 0 Å². The van der Waals surface area contributed by atoms with Crippen LogP contribution in [0.3, 0.4) is 0 Å². The Morgan fingerprint density at radius 3 is 1.49 bits per heavy atom. The first-order valence-corrected chi connectivity index (χ1v) is 13.7. The average molecular weight is 670 g/mol. The second-order valence-corrected chi connectivity index (χ2v) is 11.0. The summed E-state index contributed by atoms with van der Waals surface area (Å²) in [5.74, 6) is -3.77. The van der Waals surface area contributed by atoms with Gasteiger partial charge in [-0.1, -0.05) is 42.5 Å². The lowest BCUT2D eigenvalue weighted by Gasteiger charge is -2.29. The van der Waals surface area contributed by atoms with Gasteiger partial charge < -0.3 is 15.1 Å². The summed E-state index contributed by atoms with van der Waals surface area (Å²) in [5, 5.41) is 24.4. The highest BCUT2D eigenvalue weighted by Gasteiger charge is 2.57. The molecule has 3 aromatic carbocycles. The largest absolute Gasteiger partial charge is 0.493 e.